The molecule has 1 rings (SSSR count). The SMILES string of the molecule is COCCN(CCO)CC(=O)c1cccs1. The third-order valence-corrected chi connectivity index (χ3v) is 3.10. The molecule has 90 valence electrons. The molecule has 0 aliphatic rings. The molecule has 0 radical (unpaired) electrons. The predicted octanol–water partition coefficient (Wildman–Crippen LogP) is 0.871. The van der Waals surface area contributed by atoms with Gasteiger partial charge in [0.05, 0.1) is 24.6 Å². The van der Waals surface area contributed by atoms with Crippen LogP contribution in [0.4, 0.5) is 0 Å². The Morgan fingerprint density at radius 2 is 2.38 bits per heavy atom. The highest BCUT2D eigenvalue weighted by Crippen LogP contribution is 2.09. The first-order valence-electron chi connectivity index (χ1n) is 5.16. The Morgan fingerprint density at radius 3 is 2.94 bits per heavy atom. The van der Waals surface area contributed by atoms with Gasteiger partial charge in [0.1, 0.15) is 0 Å². The van der Waals surface area contributed by atoms with Crippen LogP contribution in [0.2, 0.25) is 0 Å². The fourth-order valence-electron chi connectivity index (χ4n) is 1.35. The van der Waals surface area contributed by atoms with Crippen LogP contribution in [0.25, 0.3) is 0 Å². The highest BCUT2D eigenvalue weighted by Gasteiger charge is 2.12. The van der Waals surface area contributed by atoms with Crippen molar-refractivity contribution < 1.29 is 14.6 Å². The Hall–Kier alpha value is -0.750. The van der Waals surface area contributed by atoms with Crippen molar-refractivity contribution in [2.24, 2.45) is 0 Å². The van der Waals surface area contributed by atoms with Crippen molar-refractivity contribution in [2.75, 3.05) is 40.0 Å². The van der Waals surface area contributed by atoms with E-state index < -0.39 is 0 Å². The van der Waals surface area contributed by atoms with E-state index in [0.29, 0.717) is 26.2 Å². The minimum Gasteiger partial charge on any atom is -0.395 e. The van der Waals surface area contributed by atoms with Gasteiger partial charge in [-0.2, -0.15) is 0 Å². The van der Waals surface area contributed by atoms with E-state index in [1.54, 1.807) is 7.11 Å². The summed E-state index contributed by atoms with van der Waals surface area (Å²) in [7, 11) is 1.62. The molecule has 0 saturated carbocycles. The predicted molar refractivity (Wildman–Crippen MR) is 64.1 cm³/mol. The van der Waals surface area contributed by atoms with Gasteiger partial charge in [-0.25, -0.2) is 0 Å². The molecule has 1 aromatic heterocycles. The number of Topliss-reactive ketones (excluding diaryl/α,β-unsaturated/α-hetero) is 1. The molecule has 1 heterocycles. The summed E-state index contributed by atoms with van der Waals surface area (Å²) in [5.74, 6) is 0.0968. The quantitative estimate of drug-likeness (QED) is 0.688. The second kappa shape index (κ2) is 7.51. The number of ether oxygens (including phenoxy) is 1. The Bertz CT molecular complexity index is 300. The molecule has 0 unspecified atom stereocenters. The van der Waals surface area contributed by atoms with E-state index in [1.807, 2.05) is 22.4 Å². The first kappa shape index (κ1) is 13.3. The Labute approximate surface area is 99.5 Å². The minimum absolute atomic E-state index is 0.0570. The van der Waals surface area contributed by atoms with Gasteiger partial charge in [-0.1, -0.05) is 6.07 Å². The lowest BCUT2D eigenvalue weighted by Crippen LogP contribution is -2.34. The highest BCUT2D eigenvalue weighted by atomic mass is 32.1. The average molecular weight is 243 g/mol. The fraction of sp³-hybridized carbons (Fsp3) is 0.545. The van der Waals surface area contributed by atoms with Crippen molar-refractivity contribution in [2.45, 2.75) is 0 Å². The maximum atomic E-state index is 11.8. The number of nitrogens with zero attached hydrogens (tertiary/aromatic N) is 1. The van der Waals surface area contributed by atoms with E-state index >= 15 is 0 Å². The van der Waals surface area contributed by atoms with Crippen molar-refractivity contribution in [3.05, 3.63) is 22.4 Å². The molecule has 0 bridgehead atoms. The van der Waals surface area contributed by atoms with Crippen molar-refractivity contribution in [1.82, 2.24) is 4.90 Å². The second-order valence-electron chi connectivity index (χ2n) is 3.39. The number of rotatable bonds is 8. The third-order valence-electron chi connectivity index (χ3n) is 2.19. The number of carbonyl (C=O) groups excluding carboxylic acids is 1. The zero-order valence-corrected chi connectivity index (χ0v) is 10.2. The highest BCUT2D eigenvalue weighted by molar-refractivity contribution is 7.12. The van der Waals surface area contributed by atoms with E-state index in [4.69, 9.17) is 9.84 Å². The van der Waals surface area contributed by atoms with Gasteiger partial charge in [-0.05, 0) is 11.4 Å². The first-order valence-corrected chi connectivity index (χ1v) is 6.04. The number of methoxy groups -OCH3 is 1. The Balaban J connectivity index is 2.44. The van der Waals surface area contributed by atoms with Crippen LogP contribution in [-0.2, 0) is 4.74 Å². The molecule has 0 atom stereocenters. The molecule has 1 aromatic rings. The van der Waals surface area contributed by atoms with E-state index in [9.17, 15) is 4.79 Å². The second-order valence-corrected chi connectivity index (χ2v) is 4.34. The van der Waals surface area contributed by atoms with E-state index in [-0.39, 0.29) is 12.4 Å². The van der Waals surface area contributed by atoms with Gasteiger partial charge in [0.2, 0.25) is 0 Å². The van der Waals surface area contributed by atoms with E-state index in [1.165, 1.54) is 11.3 Å². The molecule has 1 N–H and O–H groups in total. The van der Waals surface area contributed by atoms with Crippen LogP contribution in [0.15, 0.2) is 17.5 Å². The summed E-state index contributed by atoms with van der Waals surface area (Å²) in [5, 5.41) is 10.8. The molecule has 0 saturated heterocycles. The molecular formula is C11H17NO3S. The standard InChI is InChI=1S/C11H17NO3S/c1-15-7-5-12(4-6-13)9-10(14)11-3-2-8-16-11/h2-3,8,13H,4-7,9H2,1H3. The van der Waals surface area contributed by atoms with Gasteiger partial charge in [-0.15, -0.1) is 11.3 Å². The number of hydrogen-bond acceptors (Lipinski definition) is 5. The number of hydrogen-bond donors (Lipinski definition) is 1. The molecule has 5 heteroatoms. The lowest BCUT2D eigenvalue weighted by molar-refractivity contribution is 0.0872. The van der Waals surface area contributed by atoms with Gasteiger partial charge in [-0.3, -0.25) is 9.69 Å². The lowest BCUT2D eigenvalue weighted by Gasteiger charge is -2.19. The summed E-state index contributed by atoms with van der Waals surface area (Å²) < 4.78 is 4.96. The summed E-state index contributed by atoms with van der Waals surface area (Å²) in [6.45, 7) is 2.12. The monoisotopic (exact) mass is 243 g/mol. The smallest absolute Gasteiger partial charge is 0.186 e. The zero-order valence-electron chi connectivity index (χ0n) is 9.39. The van der Waals surface area contributed by atoms with Gasteiger partial charge in [0, 0.05) is 20.2 Å². The molecule has 0 amide bonds. The average Bonchev–Trinajstić information content (AvgIpc) is 2.79. The summed E-state index contributed by atoms with van der Waals surface area (Å²) in [5.41, 5.74) is 0. The summed E-state index contributed by atoms with van der Waals surface area (Å²) in [6.07, 6.45) is 0. The summed E-state index contributed by atoms with van der Waals surface area (Å²) in [6, 6.07) is 3.68. The van der Waals surface area contributed by atoms with Gasteiger partial charge in [0.25, 0.3) is 0 Å². The van der Waals surface area contributed by atoms with Gasteiger partial charge in [0.15, 0.2) is 5.78 Å². The number of thiophene rings is 1. The molecule has 0 spiro atoms. The van der Waals surface area contributed by atoms with Crippen LogP contribution in [0.3, 0.4) is 0 Å². The van der Waals surface area contributed by atoms with Gasteiger partial charge < -0.3 is 9.84 Å². The van der Waals surface area contributed by atoms with E-state index in [0.717, 1.165) is 4.88 Å². The van der Waals surface area contributed by atoms with Crippen LogP contribution < -0.4 is 0 Å². The molecule has 0 aliphatic heterocycles. The lowest BCUT2D eigenvalue weighted by atomic mass is 10.3. The number of aliphatic hydroxyl groups is 1. The molecule has 4 nitrogen and oxygen atoms in total. The van der Waals surface area contributed by atoms with Crippen molar-refractivity contribution in [3.63, 3.8) is 0 Å². The normalized spacial score (nSPS) is 10.9. The molecule has 0 fully saturated rings. The molecular weight excluding hydrogens is 226 g/mol. The van der Waals surface area contributed by atoms with Crippen LogP contribution in [0, 0.1) is 0 Å². The van der Waals surface area contributed by atoms with Gasteiger partial charge >= 0.3 is 0 Å². The number of carbonyl (C=O) groups is 1. The number of ketones is 1. The minimum atomic E-state index is 0.0570. The van der Waals surface area contributed by atoms with Crippen molar-refractivity contribution in [1.29, 1.82) is 0 Å². The topological polar surface area (TPSA) is 49.8 Å². The van der Waals surface area contributed by atoms with E-state index in [2.05, 4.69) is 0 Å². The molecule has 0 aliphatic carbocycles. The Morgan fingerprint density at radius 1 is 1.56 bits per heavy atom. The summed E-state index contributed by atoms with van der Waals surface area (Å²) >= 11 is 1.44. The van der Waals surface area contributed by atoms with Crippen LogP contribution in [-0.4, -0.2) is 55.7 Å². The van der Waals surface area contributed by atoms with Crippen molar-refractivity contribution >= 4 is 17.1 Å². The number of aliphatic hydroxyl groups excluding tert-OH is 1. The first-order chi connectivity index (χ1) is 7.77. The van der Waals surface area contributed by atoms with Crippen molar-refractivity contribution in [3.8, 4) is 0 Å². The van der Waals surface area contributed by atoms with Crippen LogP contribution in [0.1, 0.15) is 9.67 Å². The van der Waals surface area contributed by atoms with Crippen LogP contribution >= 0.6 is 11.3 Å². The Kier molecular flexibility index (Phi) is 6.25. The van der Waals surface area contributed by atoms with Crippen LogP contribution in [0.5, 0.6) is 0 Å². The third kappa shape index (κ3) is 4.40. The largest absolute Gasteiger partial charge is 0.395 e. The maximum Gasteiger partial charge on any atom is 0.186 e. The fourth-order valence-corrected chi connectivity index (χ4v) is 2.01. The zero-order chi connectivity index (χ0) is 11.8. The molecule has 0 aromatic carbocycles. The maximum absolute atomic E-state index is 11.8. The molecule has 16 heavy (non-hydrogen) atoms. The summed E-state index contributed by atoms with van der Waals surface area (Å²) in [4.78, 5) is 14.5.